The van der Waals surface area contributed by atoms with E-state index in [9.17, 15) is 10.1 Å². The summed E-state index contributed by atoms with van der Waals surface area (Å²) in [6.45, 7) is 6.92. The highest BCUT2D eigenvalue weighted by molar-refractivity contribution is 9.10. The second kappa shape index (κ2) is 6.34. The lowest BCUT2D eigenvalue weighted by Gasteiger charge is -2.37. The number of benzene rings is 1. The summed E-state index contributed by atoms with van der Waals surface area (Å²) < 4.78 is 0.881. The first-order valence-corrected chi connectivity index (χ1v) is 8.27. The molecular weight excluding hydrogens is 332 g/mol. The molecule has 0 aromatic heterocycles. The van der Waals surface area contributed by atoms with Gasteiger partial charge in [0.15, 0.2) is 0 Å². The molecule has 0 spiro atoms. The Morgan fingerprint density at radius 3 is 2.38 bits per heavy atom. The van der Waals surface area contributed by atoms with Gasteiger partial charge in [0, 0.05) is 22.6 Å². The highest BCUT2D eigenvalue weighted by Crippen LogP contribution is 2.39. The van der Waals surface area contributed by atoms with Crippen molar-refractivity contribution < 1.29 is 4.92 Å². The maximum absolute atomic E-state index is 10.9. The zero-order valence-electron chi connectivity index (χ0n) is 12.9. The number of halogens is 1. The fourth-order valence-electron chi connectivity index (χ4n) is 3.06. The predicted molar refractivity (Wildman–Crippen MR) is 89.6 cm³/mol. The van der Waals surface area contributed by atoms with Gasteiger partial charge in [0.25, 0.3) is 5.69 Å². The van der Waals surface area contributed by atoms with Crippen LogP contribution in [0.3, 0.4) is 0 Å². The molecule has 1 fully saturated rings. The van der Waals surface area contributed by atoms with Gasteiger partial charge >= 0.3 is 0 Å². The van der Waals surface area contributed by atoms with E-state index in [0.29, 0.717) is 11.5 Å². The summed E-state index contributed by atoms with van der Waals surface area (Å²) in [6, 6.07) is 5.27. The minimum atomic E-state index is -0.353. The molecule has 1 saturated carbocycles. The Morgan fingerprint density at radius 2 is 1.86 bits per heavy atom. The Labute approximate surface area is 134 Å². The van der Waals surface area contributed by atoms with Crippen LogP contribution in [0.5, 0.6) is 0 Å². The molecule has 21 heavy (non-hydrogen) atoms. The van der Waals surface area contributed by atoms with E-state index < -0.39 is 0 Å². The molecule has 116 valence electrons. The molecule has 5 heteroatoms. The monoisotopic (exact) mass is 354 g/mol. The first-order valence-electron chi connectivity index (χ1n) is 7.48. The molecule has 0 bridgehead atoms. The van der Waals surface area contributed by atoms with Crippen LogP contribution in [0, 0.1) is 21.4 Å². The van der Waals surface area contributed by atoms with Crippen LogP contribution >= 0.6 is 15.9 Å². The summed E-state index contributed by atoms with van der Waals surface area (Å²) >= 11 is 3.46. The standard InChI is InChI=1S/C16H23BrN2O2/c1-16(2,3)11-4-6-12(7-5-11)18-15-10-13(19(20)21)8-9-14(15)17/h8-12,18H,4-7H2,1-3H3. The van der Waals surface area contributed by atoms with Gasteiger partial charge in [-0.1, -0.05) is 20.8 Å². The van der Waals surface area contributed by atoms with Gasteiger partial charge in [0.05, 0.1) is 10.6 Å². The van der Waals surface area contributed by atoms with E-state index >= 15 is 0 Å². The zero-order valence-corrected chi connectivity index (χ0v) is 14.4. The number of nitrogens with zero attached hydrogens (tertiary/aromatic N) is 1. The van der Waals surface area contributed by atoms with Crippen molar-refractivity contribution in [2.24, 2.45) is 11.3 Å². The number of anilines is 1. The zero-order chi connectivity index (χ0) is 15.6. The summed E-state index contributed by atoms with van der Waals surface area (Å²) in [6.07, 6.45) is 4.68. The number of hydrogen-bond donors (Lipinski definition) is 1. The topological polar surface area (TPSA) is 55.2 Å². The molecular formula is C16H23BrN2O2. The van der Waals surface area contributed by atoms with E-state index in [0.717, 1.165) is 28.9 Å². The van der Waals surface area contributed by atoms with Crippen molar-refractivity contribution in [3.05, 3.63) is 32.8 Å². The van der Waals surface area contributed by atoms with Crippen molar-refractivity contribution in [2.45, 2.75) is 52.5 Å². The predicted octanol–water partition coefficient (Wildman–Crippen LogP) is 5.37. The van der Waals surface area contributed by atoms with Crippen molar-refractivity contribution >= 4 is 27.3 Å². The summed E-state index contributed by atoms with van der Waals surface area (Å²) in [7, 11) is 0. The van der Waals surface area contributed by atoms with Crippen LogP contribution in [0.15, 0.2) is 22.7 Å². The van der Waals surface area contributed by atoms with E-state index in [1.807, 2.05) is 0 Å². The Hall–Kier alpha value is -1.10. The lowest BCUT2D eigenvalue weighted by atomic mass is 9.71. The summed E-state index contributed by atoms with van der Waals surface area (Å²) in [5.74, 6) is 0.768. The van der Waals surface area contributed by atoms with Crippen LogP contribution in [0.25, 0.3) is 0 Å². The second-order valence-electron chi connectivity index (χ2n) is 6.98. The fraction of sp³-hybridized carbons (Fsp3) is 0.625. The van der Waals surface area contributed by atoms with Crippen LogP contribution in [-0.4, -0.2) is 11.0 Å². The first-order chi connectivity index (χ1) is 9.77. The lowest BCUT2D eigenvalue weighted by molar-refractivity contribution is -0.384. The average molecular weight is 355 g/mol. The Kier molecular flexibility index (Phi) is 4.91. The summed E-state index contributed by atoms with van der Waals surface area (Å²) in [4.78, 5) is 10.5. The number of nitrogens with one attached hydrogen (secondary N) is 1. The molecule has 2 rings (SSSR count). The van der Waals surface area contributed by atoms with E-state index in [-0.39, 0.29) is 10.6 Å². The number of nitro benzene ring substituents is 1. The number of nitro groups is 1. The summed E-state index contributed by atoms with van der Waals surface area (Å²) in [5.41, 5.74) is 1.32. The smallest absolute Gasteiger partial charge is 0.271 e. The third-order valence-corrected chi connectivity index (χ3v) is 5.16. The van der Waals surface area contributed by atoms with Crippen molar-refractivity contribution in [1.29, 1.82) is 0 Å². The minimum absolute atomic E-state index is 0.129. The highest BCUT2D eigenvalue weighted by atomic mass is 79.9. The van der Waals surface area contributed by atoms with Gasteiger partial charge in [-0.15, -0.1) is 0 Å². The maximum Gasteiger partial charge on any atom is 0.271 e. The van der Waals surface area contributed by atoms with Crippen molar-refractivity contribution in [1.82, 2.24) is 0 Å². The SMILES string of the molecule is CC(C)(C)C1CCC(Nc2cc([N+](=O)[O-])ccc2Br)CC1. The van der Waals surface area contributed by atoms with Crippen LogP contribution in [-0.2, 0) is 0 Å². The normalized spacial score (nSPS) is 22.9. The van der Waals surface area contributed by atoms with Gasteiger partial charge in [0.1, 0.15) is 0 Å². The van der Waals surface area contributed by atoms with Crippen LogP contribution in [0.2, 0.25) is 0 Å². The first kappa shape index (κ1) is 16.3. The fourth-order valence-corrected chi connectivity index (χ4v) is 3.42. The number of rotatable bonds is 3. The molecule has 1 aromatic rings. The highest BCUT2D eigenvalue weighted by Gasteiger charge is 2.29. The molecule has 0 saturated heterocycles. The van der Waals surface area contributed by atoms with Crippen molar-refractivity contribution in [2.75, 3.05) is 5.32 Å². The second-order valence-corrected chi connectivity index (χ2v) is 7.83. The molecule has 0 heterocycles. The van der Waals surface area contributed by atoms with Crippen LogP contribution in [0.4, 0.5) is 11.4 Å². The molecule has 4 nitrogen and oxygen atoms in total. The van der Waals surface area contributed by atoms with Crippen molar-refractivity contribution in [3.8, 4) is 0 Å². The Morgan fingerprint density at radius 1 is 1.24 bits per heavy atom. The minimum Gasteiger partial charge on any atom is -0.381 e. The molecule has 0 amide bonds. The molecule has 0 atom stereocenters. The molecule has 1 N–H and O–H groups in total. The quantitative estimate of drug-likeness (QED) is 0.585. The van der Waals surface area contributed by atoms with E-state index in [1.54, 1.807) is 12.1 Å². The maximum atomic E-state index is 10.9. The average Bonchev–Trinajstić information content (AvgIpc) is 2.40. The molecule has 0 aliphatic heterocycles. The lowest BCUT2D eigenvalue weighted by Crippen LogP contribution is -2.31. The van der Waals surface area contributed by atoms with Gasteiger partial charge in [-0.3, -0.25) is 10.1 Å². The van der Waals surface area contributed by atoms with E-state index in [2.05, 4.69) is 42.0 Å². The van der Waals surface area contributed by atoms with Gasteiger partial charge in [-0.2, -0.15) is 0 Å². The summed E-state index contributed by atoms with van der Waals surface area (Å²) in [5, 5.41) is 14.3. The third-order valence-electron chi connectivity index (χ3n) is 4.47. The number of hydrogen-bond acceptors (Lipinski definition) is 3. The molecule has 1 aliphatic carbocycles. The van der Waals surface area contributed by atoms with Crippen LogP contribution in [0.1, 0.15) is 46.5 Å². The molecule has 1 aliphatic rings. The van der Waals surface area contributed by atoms with Crippen molar-refractivity contribution in [3.63, 3.8) is 0 Å². The number of non-ortho nitro benzene ring substituents is 1. The third kappa shape index (κ3) is 4.19. The van der Waals surface area contributed by atoms with Gasteiger partial charge < -0.3 is 5.32 Å². The Balaban J connectivity index is 2.01. The molecule has 0 unspecified atom stereocenters. The van der Waals surface area contributed by atoms with E-state index in [4.69, 9.17) is 0 Å². The Bertz CT molecular complexity index is 517. The van der Waals surface area contributed by atoms with Gasteiger partial charge in [0.2, 0.25) is 0 Å². The van der Waals surface area contributed by atoms with Gasteiger partial charge in [-0.05, 0) is 59.0 Å². The van der Waals surface area contributed by atoms with Crippen LogP contribution < -0.4 is 5.32 Å². The largest absolute Gasteiger partial charge is 0.381 e. The van der Waals surface area contributed by atoms with Gasteiger partial charge in [-0.25, -0.2) is 0 Å². The molecule has 0 radical (unpaired) electrons. The molecule has 1 aromatic carbocycles. The van der Waals surface area contributed by atoms with E-state index in [1.165, 1.54) is 18.9 Å².